The number of methoxy groups -OCH3 is 1. The first-order chi connectivity index (χ1) is 15.8. The van der Waals surface area contributed by atoms with E-state index in [-0.39, 0.29) is 24.9 Å². The molecule has 3 N–H and O–H groups in total. The number of hydrogen-bond donors (Lipinski definition) is 3. The Morgan fingerprint density at radius 2 is 1.48 bits per heavy atom. The summed E-state index contributed by atoms with van der Waals surface area (Å²) in [6.07, 6.45) is -0.589. The molecule has 0 bridgehead atoms. The zero-order valence-electron chi connectivity index (χ0n) is 18.7. The van der Waals surface area contributed by atoms with E-state index in [0.717, 1.165) is 29.4 Å². The first-order valence-electron chi connectivity index (χ1n) is 10.6. The third-order valence-electron chi connectivity index (χ3n) is 5.33. The van der Waals surface area contributed by atoms with Gasteiger partial charge in [-0.1, -0.05) is 62.4 Å². The summed E-state index contributed by atoms with van der Waals surface area (Å²) in [5, 5.41) is 2.30. The molecule has 0 saturated heterocycles. The van der Waals surface area contributed by atoms with Gasteiger partial charge < -0.3 is 14.8 Å². The first-order valence-corrected chi connectivity index (χ1v) is 10.6. The summed E-state index contributed by atoms with van der Waals surface area (Å²) in [6, 6.07) is 14.8. The number of benzene rings is 2. The molecule has 0 spiro atoms. The smallest absolute Gasteiger partial charge is 0.426 e. The van der Waals surface area contributed by atoms with E-state index in [1.807, 2.05) is 62.4 Å². The first kappa shape index (κ1) is 23.8. The predicted molar refractivity (Wildman–Crippen MR) is 120 cm³/mol. The molecule has 1 aliphatic rings. The number of ether oxygens (including phenoxy) is 2. The van der Waals surface area contributed by atoms with E-state index in [2.05, 4.69) is 20.9 Å². The van der Waals surface area contributed by atoms with E-state index in [4.69, 9.17) is 4.74 Å². The molecule has 9 nitrogen and oxygen atoms in total. The molecule has 174 valence electrons. The summed E-state index contributed by atoms with van der Waals surface area (Å²) in [6.45, 7) is 3.79. The van der Waals surface area contributed by atoms with E-state index >= 15 is 0 Å². The van der Waals surface area contributed by atoms with Crippen LogP contribution in [0.5, 0.6) is 0 Å². The van der Waals surface area contributed by atoms with Crippen LogP contribution in [0.4, 0.5) is 4.79 Å². The summed E-state index contributed by atoms with van der Waals surface area (Å²) in [5.41, 5.74) is 8.77. The molecule has 2 aromatic carbocycles. The maximum Gasteiger partial charge on any atom is 0.426 e. The SMILES string of the molecule is COC(=O)C(=O)N[C@@H](CC(C)C)C(=O)NNC(=O)OCC1c2ccccc2-c2ccccc21. The molecule has 0 heterocycles. The molecule has 0 fully saturated rings. The van der Waals surface area contributed by atoms with Gasteiger partial charge in [0.25, 0.3) is 5.91 Å². The van der Waals surface area contributed by atoms with Crippen LogP contribution < -0.4 is 16.2 Å². The highest BCUT2D eigenvalue weighted by molar-refractivity contribution is 6.32. The van der Waals surface area contributed by atoms with Crippen LogP contribution in [0.1, 0.15) is 37.3 Å². The van der Waals surface area contributed by atoms with Crippen LogP contribution in [-0.4, -0.2) is 43.6 Å². The lowest BCUT2D eigenvalue weighted by Crippen LogP contribution is -2.54. The summed E-state index contributed by atoms with van der Waals surface area (Å²) in [5.74, 6) is -2.92. The molecule has 9 heteroatoms. The minimum Gasteiger partial charge on any atom is -0.462 e. The lowest BCUT2D eigenvalue weighted by Gasteiger charge is -2.20. The minimum atomic E-state index is -1.11. The van der Waals surface area contributed by atoms with Crippen LogP contribution in [0.3, 0.4) is 0 Å². The summed E-state index contributed by atoms with van der Waals surface area (Å²) >= 11 is 0. The molecular weight excluding hydrogens is 426 g/mol. The zero-order valence-corrected chi connectivity index (χ0v) is 18.7. The van der Waals surface area contributed by atoms with Crippen molar-refractivity contribution < 1.29 is 28.7 Å². The highest BCUT2D eigenvalue weighted by Crippen LogP contribution is 2.44. The Bertz CT molecular complexity index is 1010. The van der Waals surface area contributed by atoms with Crippen molar-refractivity contribution in [1.82, 2.24) is 16.2 Å². The second-order valence-corrected chi connectivity index (χ2v) is 8.09. The van der Waals surface area contributed by atoms with Crippen molar-refractivity contribution >= 4 is 23.9 Å². The molecule has 2 aromatic rings. The van der Waals surface area contributed by atoms with Gasteiger partial charge in [-0.3, -0.25) is 15.0 Å². The Kier molecular flexibility index (Phi) is 7.66. The molecule has 1 aliphatic carbocycles. The molecule has 0 aliphatic heterocycles. The molecule has 0 aromatic heterocycles. The maximum absolute atomic E-state index is 12.5. The monoisotopic (exact) mass is 453 g/mol. The third-order valence-corrected chi connectivity index (χ3v) is 5.33. The zero-order chi connectivity index (χ0) is 24.0. The number of hydrogen-bond acceptors (Lipinski definition) is 6. The molecule has 0 radical (unpaired) electrons. The van der Waals surface area contributed by atoms with Gasteiger partial charge in [0.15, 0.2) is 0 Å². The molecule has 0 saturated carbocycles. The van der Waals surface area contributed by atoms with Gasteiger partial charge in [0, 0.05) is 5.92 Å². The summed E-state index contributed by atoms with van der Waals surface area (Å²) in [4.78, 5) is 47.8. The standard InChI is InChI=1S/C24H27N3O6/c1-14(2)12-20(25-22(29)23(30)32-3)21(28)26-27-24(31)33-13-19-17-10-6-4-8-15(17)16-9-5-7-11-18(16)19/h4-11,14,19-20H,12-13H2,1-3H3,(H,25,29)(H,26,28)(H,27,31)/t20-/m0/s1. The van der Waals surface area contributed by atoms with Crippen molar-refractivity contribution in [3.8, 4) is 11.1 Å². The average molecular weight is 453 g/mol. The van der Waals surface area contributed by atoms with Gasteiger partial charge in [-0.15, -0.1) is 0 Å². The van der Waals surface area contributed by atoms with Gasteiger partial charge in [0.1, 0.15) is 12.6 Å². The second kappa shape index (κ2) is 10.6. The molecule has 3 rings (SSSR count). The Labute approximate surface area is 191 Å². The van der Waals surface area contributed by atoms with Crippen LogP contribution in [0.25, 0.3) is 11.1 Å². The minimum absolute atomic E-state index is 0.0353. The number of nitrogens with one attached hydrogen (secondary N) is 3. The predicted octanol–water partition coefficient (Wildman–Crippen LogP) is 2.26. The van der Waals surface area contributed by atoms with Gasteiger partial charge in [-0.2, -0.15) is 0 Å². The number of carbonyl (C=O) groups excluding carboxylic acids is 4. The Balaban J connectivity index is 1.57. The van der Waals surface area contributed by atoms with Crippen LogP contribution in [0.2, 0.25) is 0 Å². The molecular formula is C24H27N3O6. The molecule has 1 atom stereocenters. The van der Waals surface area contributed by atoms with E-state index in [1.165, 1.54) is 0 Å². The molecule has 33 heavy (non-hydrogen) atoms. The summed E-state index contributed by atoms with van der Waals surface area (Å²) < 4.78 is 9.72. The maximum atomic E-state index is 12.5. The lowest BCUT2D eigenvalue weighted by atomic mass is 9.98. The van der Waals surface area contributed by atoms with Gasteiger partial charge in [-0.05, 0) is 34.6 Å². The van der Waals surface area contributed by atoms with Crippen molar-refractivity contribution in [2.45, 2.75) is 32.2 Å². The topological polar surface area (TPSA) is 123 Å². The Morgan fingerprint density at radius 1 is 0.909 bits per heavy atom. The Morgan fingerprint density at radius 3 is 2.03 bits per heavy atom. The van der Waals surface area contributed by atoms with Crippen molar-refractivity contribution in [2.75, 3.05) is 13.7 Å². The highest BCUT2D eigenvalue weighted by atomic mass is 16.6. The number of carbonyl (C=O) groups is 4. The van der Waals surface area contributed by atoms with Crippen molar-refractivity contribution in [3.63, 3.8) is 0 Å². The largest absolute Gasteiger partial charge is 0.462 e. The van der Waals surface area contributed by atoms with Gasteiger partial charge in [0.2, 0.25) is 0 Å². The van der Waals surface area contributed by atoms with Crippen molar-refractivity contribution in [3.05, 3.63) is 59.7 Å². The summed E-state index contributed by atoms with van der Waals surface area (Å²) in [7, 11) is 1.07. The Hall–Kier alpha value is -3.88. The van der Waals surface area contributed by atoms with E-state index in [9.17, 15) is 19.2 Å². The van der Waals surface area contributed by atoms with Crippen LogP contribution in [0, 0.1) is 5.92 Å². The number of esters is 1. The number of rotatable bonds is 6. The fourth-order valence-electron chi connectivity index (χ4n) is 3.85. The van der Waals surface area contributed by atoms with E-state index < -0.39 is 29.9 Å². The second-order valence-electron chi connectivity index (χ2n) is 8.09. The lowest BCUT2D eigenvalue weighted by molar-refractivity contribution is -0.153. The number of amides is 3. The van der Waals surface area contributed by atoms with Crippen molar-refractivity contribution in [1.29, 1.82) is 0 Å². The van der Waals surface area contributed by atoms with Crippen LogP contribution >= 0.6 is 0 Å². The molecule has 0 unspecified atom stereocenters. The fourth-order valence-corrected chi connectivity index (χ4v) is 3.85. The number of hydrazine groups is 1. The van der Waals surface area contributed by atoms with Gasteiger partial charge >= 0.3 is 18.0 Å². The molecule has 3 amide bonds. The average Bonchev–Trinajstić information content (AvgIpc) is 3.13. The van der Waals surface area contributed by atoms with E-state index in [1.54, 1.807) is 0 Å². The third kappa shape index (κ3) is 5.68. The van der Waals surface area contributed by atoms with Crippen molar-refractivity contribution in [2.24, 2.45) is 5.92 Å². The number of fused-ring (bicyclic) bond motifs is 3. The highest BCUT2D eigenvalue weighted by Gasteiger charge is 2.29. The fraction of sp³-hybridized carbons (Fsp3) is 0.333. The van der Waals surface area contributed by atoms with Crippen LogP contribution in [0.15, 0.2) is 48.5 Å². The van der Waals surface area contributed by atoms with Crippen LogP contribution in [-0.2, 0) is 23.9 Å². The van der Waals surface area contributed by atoms with E-state index in [0.29, 0.717) is 0 Å². The van der Waals surface area contributed by atoms with Gasteiger partial charge in [0.05, 0.1) is 7.11 Å². The quantitative estimate of drug-likeness (QED) is 0.350. The normalized spacial score (nSPS) is 12.8. The van der Waals surface area contributed by atoms with Gasteiger partial charge in [-0.25, -0.2) is 15.0 Å².